The molecule has 1 aliphatic heterocycles. The second-order valence-electron chi connectivity index (χ2n) is 6.95. The first kappa shape index (κ1) is 20.4. The molecule has 0 atom stereocenters. The topological polar surface area (TPSA) is 66.5 Å². The van der Waals surface area contributed by atoms with E-state index in [2.05, 4.69) is 4.72 Å². The van der Waals surface area contributed by atoms with Crippen LogP contribution < -0.4 is 9.62 Å². The summed E-state index contributed by atoms with van der Waals surface area (Å²) in [6.07, 6.45) is 1.62. The zero-order valence-electron chi connectivity index (χ0n) is 15.8. The molecule has 1 heterocycles. The minimum atomic E-state index is -3.97. The number of fused-ring (bicyclic) bond motifs is 1. The average Bonchev–Trinajstić information content (AvgIpc) is 2.75. The molecular weight excluding hydrogens is 427 g/mol. The Balaban J connectivity index is 1.65. The van der Waals surface area contributed by atoms with Crippen molar-refractivity contribution in [1.82, 2.24) is 0 Å². The van der Waals surface area contributed by atoms with Gasteiger partial charge in [-0.2, -0.15) is 0 Å². The number of amides is 1. The number of sulfonamides is 1. The number of halogens is 2. The van der Waals surface area contributed by atoms with Crippen LogP contribution in [0.1, 0.15) is 22.3 Å². The predicted octanol–water partition coefficient (Wildman–Crippen LogP) is 4.87. The van der Waals surface area contributed by atoms with Crippen LogP contribution in [0.3, 0.4) is 0 Å². The Morgan fingerprint density at radius 2 is 1.80 bits per heavy atom. The molecule has 0 fully saturated rings. The second kappa shape index (κ2) is 8.08. The molecule has 0 bridgehead atoms. The van der Waals surface area contributed by atoms with Crippen LogP contribution in [-0.4, -0.2) is 20.9 Å². The van der Waals surface area contributed by atoms with Crippen molar-refractivity contribution in [3.63, 3.8) is 0 Å². The summed E-state index contributed by atoms with van der Waals surface area (Å²) < 4.78 is 41.3. The van der Waals surface area contributed by atoms with Crippen LogP contribution >= 0.6 is 11.6 Å². The van der Waals surface area contributed by atoms with Crippen LogP contribution in [0.4, 0.5) is 15.8 Å². The highest BCUT2D eigenvalue weighted by molar-refractivity contribution is 7.92. The van der Waals surface area contributed by atoms with Crippen LogP contribution in [-0.2, 0) is 16.4 Å². The Morgan fingerprint density at radius 1 is 1.03 bits per heavy atom. The maximum atomic E-state index is 13.4. The Kier molecular flexibility index (Phi) is 5.49. The molecule has 1 aliphatic rings. The summed E-state index contributed by atoms with van der Waals surface area (Å²) in [5.74, 6) is -0.832. The Labute approximate surface area is 179 Å². The molecule has 3 aromatic rings. The average molecular weight is 445 g/mol. The lowest BCUT2D eigenvalue weighted by atomic mass is 10.00. The van der Waals surface area contributed by atoms with E-state index in [0.29, 0.717) is 23.5 Å². The smallest absolute Gasteiger partial charge is 0.261 e. The van der Waals surface area contributed by atoms with E-state index in [4.69, 9.17) is 11.6 Å². The molecule has 0 unspecified atom stereocenters. The minimum Gasteiger partial charge on any atom is -0.308 e. The molecule has 0 aliphatic carbocycles. The van der Waals surface area contributed by atoms with Crippen molar-refractivity contribution in [3.05, 3.63) is 88.7 Å². The lowest BCUT2D eigenvalue weighted by Crippen LogP contribution is -2.35. The van der Waals surface area contributed by atoms with E-state index in [1.165, 1.54) is 0 Å². The van der Waals surface area contributed by atoms with E-state index >= 15 is 0 Å². The number of rotatable bonds is 4. The molecule has 0 saturated carbocycles. The van der Waals surface area contributed by atoms with Crippen molar-refractivity contribution in [2.45, 2.75) is 17.7 Å². The molecule has 3 aromatic carbocycles. The first-order chi connectivity index (χ1) is 14.3. The lowest BCUT2D eigenvalue weighted by Gasteiger charge is -2.30. The summed E-state index contributed by atoms with van der Waals surface area (Å²) in [6, 6.07) is 17.3. The van der Waals surface area contributed by atoms with Gasteiger partial charge in [-0.15, -0.1) is 0 Å². The molecule has 5 nitrogen and oxygen atoms in total. The van der Waals surface area contributed by atoms with Crippen molar-refractivity contribution >= 4 is 38.9 Å². The fraction of sp³-hybridized carbons (Fsp3) is 0.136. The fourth-order valence-corrected chi connectivity index (χ4v) is 4.76. The highest BCUT2D eigenvalue weighted by Crippen LogP contribution is 2.32. The van der Waals surface area contributed by atoms with Gasteiger partial charge in [0.05, 0.1) is 15.6 Å². The maximum Gasteiger partial charge on any atom is 0.261 e. The van der Waals surface area contributed by atoms with E-state index in [-0.39, 0.29) is 15.8 Å². The van der Waals surface area contributed by atoms with Crippen molar-refractivity contribution in [2.75, 3.05) is 16.2 Å². The Hall–Kier alpha value is -2.90. The van der Waals surface area contributed by atoms with Crippen LogP contribution in [0.25, 0.3) is 0 Å². The highest BCUT2D eigenvalue weighted by Gasteiger charge is 2.25. The van der Waals surface area contributed by atoms with Gasteiger partial charge in [0.25, 0.3) is 15.9 Å². The maximum absolute atomic E-state index is 13.4. The standard InChI is InChI=1S/C22H18ClFN2O3S/c23-19-14-18(10-11-20(19)24)30(28,29)25-17-9-8-15-7-4-12-26(21(15)13-17)22(27)16-5-2-1-3-6-16/h1-3,5-6,8-11,13-14,25H,4,7,12H2. The molecule has 0 saturated heterocycles. The van der Waals surface area contributed by atoms with E-state index in [9.17, 15) is 17.6 Å². The third kappa shape index (κ3) is 4.04. The summed E-state index contributed by atoms with van der Waals surface area (Å²) in [7, 11) is -3.97. The lowest BCUT2D eigenvalue weighted by molar-refractivity contribution is 0.0985. The quantitative estimate of drug-likeness (QED) is 0.624. The Bertz CT molecular complexity index is 1220. The molecule has 1 amide bonds. The summed E-state index contributed by atoms with van der Waals surface area (Å²) >= 11 is 5.72. The van der Waals surface area contributed by atoms with Gasteiger partial charge in [-0.05, 0) is 60.9 Å². The van der Waals surface area contributed by atoms with Gasteiger partial charge < -0.3 is 4.90 Å². The predicted molar refractivity (Wildman–Crippen MR) is 115 cm³/mol. The summed E-state index contributed by atoms with van der Waals surface area (Å²) in [5, 5.41) is -0.275. The molecule has 1 N–H and O–H groups in total. The molecule has 0 aromatic heterocycles. The first-order valence-electron chi connectivity index (χ1n) is 9.33. The largest absolute Gasteiger partial charge is 0.308 e. The highest BCUT2D eigenvalue weighted by atomic mass is 35.5. The van der Waals surface area contributed by atoms with Crippen LogP contribution in [0.2, 0.25) is 5.02 Å². The molecular formula is C22H18ClFN2O3S. The molecule has 0 radical (unpaired) electrons. The van der Waals surface area contributed by atoms with Crippen molar-refractivity contribution in [3.8, 4) is 0 Å². The number of aryl methyl sites for hydroxylation is 1. The van der Waals surface area contributed by atoms with Gasteiger partial charge in [-0.1, -0.05) is 35.9 Å². The number of nitrogens with one attached hydrogen (secondary N) is 1. The second-order valence-corrected chi connectivity index (χ2v) is 9.04. The normalized spacial score (nSPS) is 13.6. The molecule has 154 valence electrons. The number of anilines is 2. The van der Waals surface area contributed by atoms with Crippen LogP contribution in [0.15, 0.2) is 71.6 Å². The number of hydrogen-bond donors (Lipinski definition) is 1. The summed E-state index contributed by atoms with van der Waals surface area (Å²) in [6.45, 7) is 0.546. The third-order valence-electron chi connectivity index (χ3n) is 4.92. The van der Waals surface area contributed by atoms with Crippen molar-refractivity contribution in [2.24, 2.45) is 0 Å². The van der Waals surface area contributed by atoms with Crippen LogP contribution in [0.5, 0.6) is 0 Å². The first-order valence-corrected chi connectivity index (χ1v) is 11.2. The van der Waals surface area contributed by atoms with E-state index in [1.54, 1.807) is 41.3 Å². The molecule has 8 heteroatoms. The van der Waals surface area contributed by atoms with E-state index < -0.39 is 15.8 Å². The molecule has 30 heavy (non-hydrogen) atoms. The van der Waals surface area contributed by atoms with Crippen molar-refractivity contribution in [1.29, 1.82) is 0 Å². The monoisotopic (exact) mass is 444 g/mol. The Morgan fingerprint density at radius 3 is 2.53 bits per heavy atom. The molecule has 4 rings (SSSR count). The van der Waals surface area contributed by atoms with E-state index in [0.717, 1.165) is 36.6 Å². The zero-order valence-corrected chi connectivity index (χ0v) is 17.4. The van der Waals surface area contributed by atoms with Gasteiger partial charge in [0.2, 0.25) is 0 Å². The van der Waals surface area contributed by atoms with E-state index in [1.807, 2.05) is 12.1 Å². The number of benzene rings is 3. The third-order valence-corrected chi connectivity index (χ3v) is 6.59. The number of carbonyl (C=O) groups is 1. The molecule has 0 spiro atoms. The van der Waals surface area contributed by atoms with Gasteiger partial charge in [0.15, 0.2) is 0 Å². The van der Waals surface area contributed by atoms with Gasteiger partial charge in [0.1, 0.15) is 5.82 Å². The van der Waals surface area contributed by atoms with Gasteiger partial charge in [-0.3, -0.25) is 9.52 Å². The zero-order chi connectivity index (χ0) is 21.3. The summed E-state index contributed by atoms with van der Waals surface area (Å²) in [5.41, 5.74) is 2.52. The van der Waals surface area contributed by atoms with Gasteiger partial charge in [-0.25, -0.2) is 12.8 Å². The number of carbonyl (C=O) groups excluding carboxylic acids is 1. The van der Waals surface area contributed by atoms with Gasteiger partial charge >= 0.3 is 0 Å². The van der Waals surface area contributed by atoms with Gasteiger partial charge in [0, 0.05) is 17.8 Å². The number of nitrogens with zero attached hydrogens (tertiary/aromatic N) is 1. The fourth-order valence-electron chi connectivity index (χ4n) is 3.44. The minimum absolute atomic E-state index is 0.137. The summed E-state index contributed by atoms with van der Waals surface area (Å²) in [4.78, 5) is 14.5. The SMILES string of the molecule is O=C(c1ccccc1)N1CCCc2ccc(NS(=O)(=O)c3ccc(F)c(Cl)c3)cc21. The van der Waals surface area contributed by atoms with Crippen molar-refractivity contribution < 1.29 is 17.6 Å². The van der Waals surface area contributed by atoms with Crippen LogP contribution in [0, 0.1) is 5.82 Å². The number of hydrogen-bond acceptors (Lipinski definition) is 3.